The molecule has 0 aromatic heterocycles. The molecular formula is C14H27ClN2O2. The molecule has 4 nitrogen and oxygen atoms in total. The molecule has 0 radical (unpaired) electrons. The van der Waals surface area contributed by atoms with Gasteiger partial charge in [-0.25, -0.2) is 0 Å². The summed E-state index contributed by atoms with van der Waals surface area (Å²) in [6.45, 7) is 6.92. The van der Waals surface area contributed by atoms with E-state index < -0.39 is 0 Å². The Balaban J connectivity index is 0.00000180. The van der Waals surface area contributed by atoms with E-state index in [4.69, 9.17) is 4.74 Å². The summed E-state index contributed by atoms with van der Waals surface area (Å²) < 4.78 is 5.57. The fourth-order valence-electron chi connectivity index (χ4n) is 2.97. The fraction of sp³-hybridized carbons (Fsp3) is 0.929. The molecule has 2 fully saturated rings. The van der Waals surface area contributed by atoms with Crippen LogP contribution in [0.4, 0.5) is 0 Å². The van der Waals surface area contributed by atoms with E-state index in [1.54, 1.807) is 0 Å². The van der Waals surface area contributed by atoms with Crippen molar-refractivity contribution in [3.8, 4) is 0 Å². The maximum Gasteiger partial charge on any atom is 0.222 e. The van der Waals surface area contributed by atoms with Crippen LogP contribution in [0.1, 0.15) is 46.0 Å². The number of carbonyl (C=O) groups excluding carboxylic acids is 1. The van der Waals surface area contributed by atoms with Gasteiger partial charge >= 0.3 is 0 Å². The highest BCUT2D eigenvalue weighted by Gasteiger charge is 2.33. The SMILES string of the molecule is CC1(C)CCCCC1NC(=O)CC1CNCCO1.Cl. The number of rotatable bonds is 3. The van der Waals surface area contributed by atoms with Crippen molar-refractivity contribution in [2.45, 2.75) is 58.1 Å². The molecule has 1 aliphatic carbocycles. The maximum atomic E-state index is 12.0. The molecule has 0 aromatic carbocycles. The molecule has 2 aliphatic rings. The lowest BCUT2D eigenvalue weighted by Crippen LogP contribution is -2.49. The van der Waals surface area contributed by atoms with Gasteiger partial charge in [0.05, 0.1) is 19.1 Å². The molecule has 1 saturated heterocycles. The summed E-state index contributed by atoms with van der Waals surface area (Å²) in [6, 6.07) is 0.329. The molecule has 0 aromatic rings. The topological polar surface area (TPSA) is 50.4 Å². The Kier molecular flexibility index (Phi) is 6.57. The van der Waals surface area contributed by atoms with E-state index in [0.717, 1.165) is 19.5 Å². The molecular weight excluding hydrogens is 264 g/mol. The van der Waals surface area contributed by atoms with Gasteiger partial charge in [-0.2, -0.15) is 0 Å². The highest BCUT2D eigenvalue weighted by molar-refractivity contribution is 5.85. The third kappa shape index (κ3) is 4.93. The number of ether oxygens (including phenoxy) is 1. The molecule has 2 N–H and O–H groups in total. The van der Waals surface area contributed by atoms with Crippen LogP contribution in [0.5, 0.6) is 0 Å². The van der Waals surface area contributed by atoms with Crippen molar-refractivity contribution in [2.24, 2.45) is 5.41 Å². The molecule has 0 spiro atoms. The third-order valence-corrected chi connectivity index (χ3v) is 4.26. The van der Waals surface area contributed by atoms with Gasteiger partial charge in [-0.1, -0.05) is 26.7 Å². The first kappa shape index (κ1) is 16.7. The number of carbonyl (C=O) groups is 1. The molecule has 0 bridgehead atoms. The summed E-state index contributed by atoms with van der Waals surface area (Å²) in [5, 5.41) is 6.46. The van der Waals surface area contributed by atoms with Gasteiger partial charge < -0.3 is 15.4 Å². The monoisotopic (exact) mass is 290 g/mol. The first-order valence-corrected chi connectivity index (χ1v) is 7.19. The molecule has 19 heavy (non-hydrogen) atoms. The number of morpholine rings is 1. The van der Waals surface area contributed by atoms with E-state index in [-0.39, 0.29) is 29.8 Å². The Morgan fingerprint density at radius 2 is 2.21 bits per heavy atom. The minimum absolute atomic E-state index is 0. The zero-order chi connectivity index (χ0) is 13.0. The van der Waals surface area contributed by atoms with Crippen LogP contribution in [0.15, 0.2) is 0 Å². The van der Waals surface area contributed by atoms with Crippen LogP contribution in [0.2, 0.25) is 0 Å². The van der Waals surface area contributed by atoms with Crippen molar-refractivity contribution >= 4 is 18.3 Å². The summed E-state index contributed by atoms with van der Waals surface area (Å²) in [4.78, 5) is 12.0. The van der Waals surface area contributed by atoms with E-state index in [0.29, 0.717) is 19.1 Å². The van der Waals surface area contributed by atoms with Crippen LogP contribution in [0, 0.1) is 5.41 Å². The van der Waals surface area contributed by atoms with Crippen molar-refractivity contribution in [3.05, 3.63) is 0 Å². The minimum atomic E-state index is 0. The second-order valence-corrected chi connectivity index (χ2v) is 6.26. The molecule has 1 amide bonds. The Morgan fingerprint density at radius 1 is 1.42 bits per heavy atom. The zero-order valence-corrected chi connectivity index (χ0v) is 12.9. The van der Waals surface area contributed by atoms with Crippen molar-refractivity contribution in [2.75, 3.05) is 19.7 Å². The average Bonchev–Trinajstić information content (AvgIpc) is 2.33. The van der Waals surface area contributed by atoms with Crippen LogP contribution in [-0.2, 0) is 9.53 Å². The van der Waals surface area contributed by atoms with Gasteiger partial charge in [0.1, 0.15) is 0 Å². The van der Waals surface area contributed by atoms with Gasteiger partial charge in [-0.3, -0.25) is 4.79 Å². The minimum Gasteiger partial charge on any atom is -0.375 e. The van der Waals surface area contributed by atoms with Gasteiger partial charge in [-0.15, -0.1) is 12.4 Å². The summed E-state index contributed by atoms with van der Waals surface area (Å²) in [5.41, 5.74) is 0.236. The second kappa shape index (κ2) is 7.46. The lowest BCUT2D eigenvalue weighted by molar-refractivity contribution is -0.126. The quantitative estimate of drug-likeness (QED) is 0.834. The maximum absolute atomic E-state index is 12.0. The zero-order valence-electron chi connectivity index (χ0n) is 12.0. The average molecular weight is 291 g/mol. The van der Waals surface area contributed by atoms with Gasteiger partial charge in [0.25, 0.3) is 0 Å². The summed E-state index contributed by atoms with van der Waals surface area (Å²) in [6.07, 6.45) is 5.37. The lowest BCUT2D eigenvalue weighted by Gasteiger charge is -2.39. The molecule has 1 aliphatic heterocycles. The van der Waals surface area contributed by atoms with Crippen molar-refractivity contribution in [1.82, 2.24) is 10.6 Å². The largest absolute Gasteiger partial charge is 0.375 e. The summed E-state index contributed by atoms with van der Waals surface area (Å²) >= 11 is 0. The van der Waals surface area contributed by atoms with Crippen molar-refractivity contribution < 1.29 is 9.53 Å². The Morgan fingerprint density at radius 3 is 2.84 bits per heavy atom. The number of hydrogen-bond donors (Lipinski definition) is 2. The predicted molar refractivity (Wildman–Crippen MR) is 78.7 cm³/mol. The van der Waals surface area contributed by atoms with E-state index >= 15 is 0 Å². The lowest BCUT2D eigenvalue weighted by atomic mass is 9.73. The van der Waals surface area contributed by atoms with E-state index in [2.05, 4.69) is 24.5 Å². The van der Waals surface area contributed by atoms with Crippen LogP contribution >= 0.6 is 12.4 Å². The van der Waals surface area contributed by atoms with Gasteiger partial charge in [0.15, 0.2) is 0 Å². The Labute approximate surface area is 122 Å². The van der Waals surface area contributed by atoms with Crippen LogP contribution in [0.25, 0.3) is 0 Å². The van der Waals surface area contributed by atoms with Crippen LogP contribution in [0.3, 0.4) is 0 Å². The molecule has 112 valence electrons. The van der Waals surface area contributed by atoms with Crippen molar-refractivity contribution in [1.29, 1.82) is 0 Å². The third-order valence-electron chi connectivity index (χ3n) is 4.26. The molecule has 1 heterocycles. The normalized spacial score (nSPS) is 30.2. The molecule has 5 heteroatoms. The van der Waals surface area contributed by atoms with E-state index in [1.165, 1.54) is 19.3 Å². The van der Waals surface area contributed by atoms with Crippen molar-refractivity contribution in [3.63, 3.8) is 0 Å². The predicted octanol–water partition coefficient (Wildman–Crippen LogP) is 1.87. The molecule has 2 atom stereocenters. The molecule has 2 unspecified atom stereocenters. The first-order valence-electron chi connectivity index (χ1n) is 7.19. The number of hydrogen-bond acceptors (Lipinski definition) is 3. The standard InChI is InChI=1S/C14H26N2O2.ClH/c1-14(2)6-4-3-5-12(14)16-13(17)9-11-10-15-7-8-18-11;/h11-12,15H,3-10H2,1-2H3,(H,16,17);1H. The molecule has 2 rings (SSSR count). The number of nitrogens with one attached hydrogen (secondary N) is 2. The number of amides is 1. The summed E-state index contributed by atoms with van der Waals surface area (Å²) in [7, 11) is 0. The highest BCUT2D eigenvalue weighted by Crippen LogP contribution is 2.35. The van der Waals surface area contributed by atoms with Gasteiger partial charge in [0.2, 0.25) is 5.91 Å². The second-order valence-electron chi connectivity index (χ2n) is 6.26. The van der Waals surface area contributed by atoms with Gasteiger partial charge in [0, 0.05) is 19.1 Å². The Bertz CT molecular complexity index is 291. The Hall–Kier alpha value is -0.320. The van der Waals surface area contributed by atoms with E-state index in [9.17, 15) is 4.79 Å². The number of halogens is 1. The first-order chi connectivity index (χ1) is 8.58. The summed E-state index contributed by atoms with van der Waals surface area (Å²) in [5.74, 6) is 0.142. The van der Waals surface area contributed by atoms with Crippen LogP contribution in [-0.4, -0.2) is 37.7 Å². The smallest absolute Gasteiger partial charge is 0.222 e. The van der Waals surface area contributed by atoms with E-state index in [1.807, 2.05) is 0 Å². The molecule has 1 saturated carbocycles. The van der Waals surface area contributed by atoms with Gasteiger partial charge in [-0.05, 0) is 18.3 Å². The van der Waals surface area contributed by atoms with Crippen LogP contribution < -0.4 is 10.6 Å². The highest BCUT2D eigenvalue weighted by atomic mass is 35.5. The fourth-order valence-corrected chi connectivity index (χ4v) is 2.97.